The maximum atomic E-state index is 13.3. The zero-order valence-electron chi connectivity index (χ0n) is 11.5. The van der Waals surface area contributed by atoms with E-state index in [9.17, 15) is 9.18 Å². The average molecular weight is 282 g/mol. The Morgan fingerprint density at radius 3 is 2.55 bits per heavy atom. The maximum absolute atomic E-state index is 13.3. The van der Waals surface area contributed by atoms with E-state index < -0.39 is 5.97 Å². The molecular weight excluding hydrogens is 263 g/mol. The molecule has 1 aliphatic rings. The molecule has 1 heterocycles. The molecule has 1 saturated heterocycles. The summed E-state index contributed by atoms with van der Waals surface area (Å²) >= 11 is 0. The third-order valence-electron chi connectivity index (χ3n) is 3.46. The minimum Gasteiger partial charge on any atom is -0.496 e. The second kappa shape index (κ2) is 6.67. The molecule has 110 valence electrons. The first-order chi connectivity index (χ1) is 9.58. The molecule has 1 aliphatic heterocycles. The normalized spacial score (nSPS) is 17.1. The Bertz CT molecular complexity index is 473. The average Bonchev–Trinajstić information content (AvgIpc) is 2.41. The highest BCUT2D eigenvalue weighted by molar-refractivity contribution is 5.69. The van der Waals surface area contributed by atoms with Crippen molar-refractivity contribution in [2.75, 3.05) is 39.8 Å². The van der Waals surface area contributed by atoms with E-state index in [1.54, 1.807) is 13.2 Å². The number of hydrogen-bond donors (Lipinski definition) is 1. The molecule has 0 radical (unpaired) electrons. The highest BCUT2D eigenvalue weighted by Gasteiger charge is 2.19. The predicted molar refractivity (Wildman–Crippen MR) is 72.3 cm³/mol. The molecule has 2 rings (SSSR count). The molecule has 1 aromatic rings. The molecular formula is C14H19FN2O3. The smallest absolute Gasteiger partial charge is 0.317 e. The third kappa shape index (κ3) is 3.91. The minimum atomic E-state index is -0.801. The van der Waals surface area contributed by atoms with E-state index in [1.807, 2.05) is 4.90 Å². The Morgan fingerprint density at radius 1 is 1.30 bits per heavy atom. The highest BCUT2D eigenvalue weighted by atomic mass is 19.1. The van der Waals surface area contributed by atoms with Gasteiger partial charge in [0.05, 0.1) is 13.7 Å². The molecule has 0 amide bonds. The Kier molecular flexibility index (Phi) is 4.92. The fraction of sp³-hybridized carbons (Fsp3) is 0.500. The molecule has 0 spiro atoms. The van der Waals surface area contributed by atoms with E-state index in [0.717, 1.165) is 18.7 Å². The molecule has 0 unspecified atom stereocenters. The van der Waals surface area contributed by atoms with Crippen LogP contribution in [0.2, 0.25) is 0 Å². The van der Waals surface area contributed by atoms with Crippen molar-refractivity contribution in [1.82, 2.24) is 9.80 Å². The van der Waals surface area contributed by atoms with Crippen LogP contribution in [0.15, 0.2) is 18.2 Å². The summed E-state index contributed by atoms with van der Waals surface area (Å²) in [5.74, 6) is -0.394. The van der Waals surface area contributed by atoms with E-state index in [-0.39, 0.29) is 12.4 Å². The van der Waals surface area contributed by atoms with Crippen LogP contribution >= 0.6 is 0 Å². The summed E-state index contributed by atoms with van der Waals surface area (Å²) < 4.78 is 18.5. The van der Waals surface area contributed by atoms with Crippen molar-refractivity contribution >= 4 is 5.97 Å². The fourth-order valence-corrected chi connectivity index (χ4v) is 2.41. The number of nitrogens with zero attached hydrogens (tertiary/aromatic N) is 2. The molecule has 1 N–H and O–H groups in total. The van der Waals surface area contributed by atoms with Crippen LogP contribution in [0.3, 0.4) is 0 Å². The number of methoxy groups -OCH3 is 1. The first-order valence-electron chi connectivity index (χ1n) is 6.57. The number of carboxylic acids is 1. The van der Waals surface area contributed by atoms with Gasteiger partial charge in [0, 0.05) is 38.3 Å². The molecule has 0 aliphatic carbocycles. The molecule has 0 aromatic heterocycles. The lowest BCUT2D eigenvalue weighted by Gasteiger charge is -2.34. The zero-order chi connectivity index (χ0) is 14.5. The summed E-state index contributed by atoms with van der Waals surface area (Å²) in [5, 5.41) is 8.75. The standard InChI is InChI=1S/C14H19FN2O3/c1-20-13-3-2-12(15)8-11(13)9-16-4-6-17(7-5-16)10-14(18)19/h2-3,8H,4-7,9-10H2,1H3,(H,18,19). The van der Waals surface area contributed by atoms with E-state index >= 15 is 0 Å². The van der Waals surface area contributed by atoms with Gasteiger partial charge in [0.15, 0.2) is 0 Å². The van der Waals surface area contributed by atoms with E-state index in [2.05, 4.69) is 4.90 Å². The Labute approximate surface area is 117 Å². The van der Waals surface area contributed by atoms with Gasteiger partial charge in [-0.05, 0) is 18.2 Å². The van der Waals surface area contributed by atoms with Gasteiger partial charge in [0.2, 0.25) is 0 Å². The summed E-state index contributed by atoms with van der Waals surface area (Å²) in [7, 11) is 1.57. The number of rotatable bonds is 5. The van der Waals surface area contributed by atoms with Gasteiger partial charge in [-0.1, -0.05) is 0 Å². The van der Waals surface area contributed by atoms with Crippen molar-refractivity contribution in [2.24, 2.45) is 0 Å². The lowest BCUT2D eigenvalue weighted by atomic mass is 10.1. The van der Waals surface area contributed by atoms with Gasteiger partial charge >= 0.3 is 5.97 Å². The van der Waals surface area contributed by atoms with Gasteiger partial charge < -0.3 is 9.84 Å². The molecule has 5 nitrogen and oxygen atoms in total. The quantitative estimate of drug-likeness (QED) is 0.874. The van der Waals surface area contributed by atoms with Gasteiger partial charge in [0.1, 0.15) is 11.6 Å². The number of benzene rings is 1. The fourth-order valence-electron chi connectivity index (χ4n) is 2.41. The van der Waals surface area contributed by atoms with Gasteiger partial charge in [0.25, 0.3) is 0 Å². The van der Waals surface area contributed by atoms with Crippen molar-refractivity contribution in [2.45, 2.75) is 6.54 Å². The molecule has 0 bridgehead atoms. The Hall–Kier alpha value is -1.66. The van der Waals surface area contributed by atoms with Crippen LogP contribution in [0.25, 0.3) is 0 Å². The van der Waals surface area contributed by atoms with Gasteiger partial charge in [-0.3, -0.25) is 14.6 Å². The summed E-state index contributed by atoms with van der Waals surface area (Å²) in [6.07, 6.45) is 0. The van der Waals surface area contributed by atoms with Gasteiger partial charge in [-0.2, -0.15) is 0 Å². The van der Waals surface area contributed by atoms with Crippen molar-refractivity contribution in [3.8, 4) is 5.75 Å². The van der Waals surface area contributed by atoms with Crippen LogP contribution in [0, 0.1) is 5.82 Å². The molecule has 1 aromatic carbocycles. The first-order valence-corrected chi connectivity index (χ1v) is 6.57. The summed E-state index contributed by atoms with van der Waals surface area (Å²) in [5.41, 5.74) is 0.819. The lowest BCUT2D eigenvalue weighted by molar-refractivity contribution is -0.138. The van der Waals surface area contributed by atoms with Gasteiger partial charge in [-0.25, -0.2) is 4.39 Å². The second-order valence-electron chi connectivity index (χ2n) is 4.90. The lowest BCUT2D eigenvalue weighted by Crippen LogP contribution is -2.47. The summed E-state index contributed by atoms with van der Waals surface area (Å²) in [6, 6.07) is 4.50. The van der Waals surface area contributed by atoms with Crippen LogP contribution in [0.4, 0.5) is 4.39 Å². The Balaban J connectivity index is 1.92. The van der Waals surface area contributed by atoms with Crippen LogP contribution < -0.4 is 4.74 Å². The van der Waals surface area contributed by atoms with Crippen molar-refractivity contribution in [3.05, 3.63) is 29.6 Å². The van der Waals surface area contributed by atoms with Crippen LogP contribution in [-0.4, -0.2) is 60.7 Å². The molecule has 20 heavy (non-hydrogen) atoms. The Morgan fingerprint density at radius 2 is 1.95 bits per heavy atom. The number of carbonyl (C=O) groups is 1. The zero-order valence-corrected chi connectivity index (χ0v) is 11.5. The number of ether oxygens (including phenoxy) is 1. The molecule has 0 atom stereocenters. The van der Waals surface area contributed by atoms with Crippen LogP contribution in [-0.2, 0) is 11.3 Å². The SMILES string of the molecule is COc1ccc(F)cc1CN1CCN(CC(=O)O)CC1. The van der Waals surface area contributed by atoms with Crippen molar-refractivity contribution < 1.29 is 19.0 Å². The predicted octanol–water partition coefficient (Wildman–Crippen LogP) is 1.04. The molecule has 6 heteroatoms. The third-order valence-corrected chi connectivity index (χ3v) is 3.46. The summed E-state index contributed by atoms with van der Waals surface area (Å²) in [4.78, 5) is 14.7. The second-order valence-corrected chi connectivity index (χ2v) is 4.90. The molecule has 0 saturated carbocycles. The number of halogens is 1. The van der Waals surface area contributed by atoms with E-state index in [1.165, 1.54) is 12.1 Å². The van der Waals surface area contributed by atoms with E-state index in [4.69, 9.17) is 9.84 Å². The summed E-state index contributed by atoms with van der Waals surface area (Å²) in [6.45, 7) is 3.66. The highest BCUT2D eigenvalue weighted by Crippen LogP contribution is 2.21. The number of aliphatic carboxylic acids is 1. The largest absolute Gasteiger partial charge is 0.496 e. The molecule has 1 fully saturated rings. The number of piperazine rings is 1. The number of carboxylic acid groups (broad SMARTS) is 1. The topological polar surface area (TPSA) is 53.0 Å². The first kappa shape index (κ1) is 14.7. The van der Waals surface area contributed by atoms with E-state index in [0.29, 0.717) is 25.4 Å². The van der Waals surface area contributed by atoms with Crippen molar-refractivity contribution in [3.63, 3.8) is 0 Å². The maximum Gasteiger partial charge on any atom is 0.317 e. The monoisotopic (exact) mass is 282 g/mol. The number of hydrogen-bond acceptors (Lipinski definition) is 4. The minimum absolute atomic E-state index is 0.0805. The van der Waals surface area contributed by atoms with Gasteiger partial charge in [-0.15, -0.1) is 0 Å². The van der Waals surface area contributed by atoms with Crippen LogP contribution in [0.1, 0.15) is 5.56 Å². The van der Waals surface area contributed by atoms with Crippen molar-refractivity contribution in [1.29, 1.82) is 0 Å². The van der Waals surface area contributed by atoms with Crippen LogP contribution in [0.5, 0.6) is 5.75 Å².